The first-order valence-corrected chi connectivity index (χ1v) is 14.2. The minimum Gasteiger partial charge on any atom is -0.374 e. The van der Waals surface area contributed by atoms with Crippen LogP contribution in [0.3, 0.4) is 0 Å². The van der Waals surface area contributed by atoms with E-state index in [1.54, 1.807) is 6.20 Å². The molecule has 1 aromatic carbocycles. The van der Waals surface area contributed by atoms with E-state index in [0.29, 0.717) is 38.3 Å². The monoisotopic (exact) mass is 541 g/mol. The van der Waals surface area contributed by atoms with Gasteiger partial charge in [0.15, 0.2) is 0 Å². The lowest BCUT2D eigenvalue weighted by atomic mass is 9.84. The number of halogens is 3. The average molecular weight is 542 g/mol. The number of alkyl halides is 3. The molecular weight excluding hydrogens is 507 g/mol. The Balaban J connectivity index is 1.13. The number of piperidine rings is 1. The molecule has 0 radical (unpaired) electrons. The van der Waals surface area contributed by atoms with E-state index in [9.17, 15) is 18.0 Å². The highest BCUT2D eigenvalue weighted by atomic mass is 19.4. The van der Waals surface area contributed by atoms with Gasteiger partial charge in [0, 0.05) is 36.0 Å². The van der Waals surface area contributed by atoms with Crippen molar-refractivity contribution in [3.8, 4) is 0 Å². The third-order valence-corrected chi connectivity index (χ3v) is 9.38. The van der Waals surface area contributed by atoms with E-state index >= 15 is 0 Å². The Morgan fingerprint density at radius 1 is 1.10 bits per heavy atom. The molecule has 7 nitrogen and oxygen atoms in total. The van der Waals surface area contributed by atoms with Crippen LogP contribution in [0.1, 0.15) is 56.9 Å². The maximum Gasteiger partial charge on any atom is 0.406 e. The fourth-order valence-corrected chi connectivity index (χ4v) is 6.88. The van der Waals surface area contributed by atoms with Crippen LogP contribution in [0.15, 0.2) is 36.5 Å². The molecule has 8 rings (SSSR count). The van der Waals surface area contributed by atoms with Crippen LogP contribution in [-0.4, -0.2) is 53.9 Å². The molecule has 1 amide bonds. The second kappa shape index (κ2) is 9.37. The molecule has 4 aliphatic heterocycles. The predicted octanol–water partition coefficient (Wildman–Crippen LogP) is 5.28. The van der Waals surface area contributed by atoms with E-state index in [-0.39, 0.29) is 36.8 Å². The summed E-state index contributed by atoms with van der Waals surface area (Å²) >= 11 is 0. The van der Waals surface area contributed by atoms with Gasteiger partial charge in [0.25, 0.3) is 0 Å². The molecule has 208 valence electrons. The molecule has 2 aromatic rings. The summed E-state index contributed by atoms with van der Waals surface area (Å²) in [5, 5.41) is 6.34. The zero-order valence-electron chi connectivity index (χ0n) is 21.8. The Labute approximate surface area is 226 Å². The number of pyridine rings is 1. The maximum absolute atomic E-state index is 14.1. The number of hydrogen-bond acceptors (Lipinski definition) is 6. The fraction of sp³-hybridized carbons (Fsp3) is 0.586. The molecule has 1 aromatic heterocycles. The molecule has 2 N–H and O–H groups in total. The van der Waals surface area contributed by atoms with Crippen LogP contribution in [0.5, 0.6) is 0 Å². The van der Waals surface area contributed by atoms with Crippen LogP contribution >= 0.6 is 0 Å². The lowest BCUT2D eigenvalue weighted by molar-refractivity contribution is -0.168. The highest BCUT2D eigenvalue weighted by Gasteiger charge is 2.63. The Kier molecular flexibility index (Phi) is 6.04. The van der Waals surface area contributed by atoms with Crippen LogP contribution in [0.4, 0.5) is 36.1 Å². The Bertz CT molecular complexity index is 1250. The normalized spacial score (nSPS) is 29.2. The Hall–Kier alpha value is -2.85. The lowest BCUT2D eigenvalue weighted by Gasteiger charge is -2.46. The number of rotatable bonds is 4. The first-order chi connectivity index (χ1) is 18.8. The number of carbonyl (C=O) groups is 1. The van der Waals surface area contributed by atoms with Gasteiger partial charge in [0.05, 0.1) is 36.7 Å². The van der Waals surface area contributed by atoms with Crippen molar-refractivity contribution >= 4 is 28.8 Å². The number of fused-ring (bicyclic) bond motifs is 5. The van der Waals surface area contributed by atoms with Gasteiger partial charge < -0.3 is 25.2 Å². The Morgan fingerprint density at radius 3 is 2.59 bits per heavy atom. The topological polar surface area (TPSA) is 69.7 Å². The van der Waals surface area contributed by atoms with Crippen molar-refractivity contribution in [2.75, 3.05) is 28.3 Å². The van der Waals surface area contributed by atoms with Gasteiger partial charge in [-0.3, -0.25) is 4.79 Å². The molecule has 2 atom stereocenters. The van der Waals surface area contributed by atoms with Crippen molar-refractivity contribution in [1.82, 2.24) is 10.3 Å². The molecule has 3 saturated heterocycles. The van der Waals surface area contributed by atoms with E-state index in [4.69, 9.17) is 4.74 Å². The predicted molar refractivity (Wildman–Crippen MR) is 142 cm³/mol. The zero-order valence-corrected chi connectivity index (χ0v) is 21.8. The number of nitrogens with one attached hydrogen (secondary N) is 2. The summed E-state index contributed by atoms with van der Waals surface area (Å²) in [5.41, 5.74) is 1.97. The van der Waals surface area contributed by atoms with Crippen LogP contribution < -0.4 is 20.4 Å². The summed E-state index contributed by atoms with van der Waals surface area (Å²) in [6, 6.07) is 10.2. The molecule has 5 heterocycles. The number of anilines is 4. The van der Waals surface area contributed by atoms with Crippen LogP contribution in [-0.2, 0) is 16.1 Å². The number of benzene rings is 1. The fourth-order valence-electron chi connectivity index (χ4n) is 6.88. The number of carbonyl (C=O) groups excluding carboxylic acids is 1. The van der Waals surface area contributed by atoms with Crippen molar-refractivity contribution < 1.29 is 22.7 Å². The third kappa shape index (κ3) is 4.55. The molecule has 2 aliphatic carbocycles. The number of nitrogens with zero attached hydrogens (tertiary/aromatic N) is 3. The number of aromatic nitrogens is 1. The molecule has 39 heavy (non-hydrogen) atoms. The summed E-state index contributed by atoms with van der Waals surface area (Å²) in [7, 11) is 0. The molecule has 0 spiro atoms. The van der Waals surface area contributed by atoms with Gasteiger partial charge in [-0.05, 0) is 75.6 Å². The second-order valence-electron chi connectivity index (χ2n) is 11.9. The number of hydrogen-bond donors (Lipinski definition) is 2. The zero-order chi connectivity index (χ0) is 26.8. The summed E-state index contributed by atoms with van der Waals surface area (Å²) in [5.74, 6) is 0.547. The first-order valence-electron chi connectivity index (χ1n) is 14.2. The van der Waals surface area contributed by atoms with Gasteiger partial charge in [0.2, 0.25) is 5.91 Å². The second-order valence-corrected chi connectivity index (χ2v) is 11.9. The van der Waals surface area contributed by atoms with Crippen molar-refractivity contribution in [1.29, 1.82) is 0 Å². The van der Waals surface area contributed by atoms with E-state index in [0.717, 1.165) is 54.4 Å². The van der Waals surface area contributed by atoms with E-state index < -0.39 is 11.7 Å². The van der Waals surface area contributed by atoms with Crippen molar-refractivity contribution in [2.24, 2.45) is 5.92 Å². The van der Waals surface area contributed by atoms with E-state index in [1.165, 1.54) is 0 Å². The van der Waals surface area contributed by atoms with Crippen LogP contribution in [0.2, 0.25) is 0 Å². The third-order valence-electron chi connectivity index (χ3n) is 9.38. The Morgan fingerprint density at radius 2 is 1.92 bits per heavy atom. The number of amides is 1. The van der Waals surface area contributed by atoms with Crippen LogP contribution in [0, 0.1) is 5.92 Å². The molecule has 5 fully saturated rings. The molecule has 2 saturated carbocycles. The highest BCUT2D eigenvalue weighted by molar-refractivity contribution is 6.00. The molecule has 6 aliphatic rings. The van der Waals surface area contributed by atoms with Crippen molar-refractivity contribution in [3.63, 3.8) is 0 Å². The number of ether oxygens (including phenoxy) is 1. The summed E-state index contributed by atoms with van der Waals surface area (Å²) in [6.07, 6.45) is 2.55. The summed E-state index contributed by atoms with van der Waals surface area (Å²) < 4.78 is 46.3. The molecule has 10 heteroatoms. The first kappa shape index (κ1) is 25.1. The van der Waals surface area contributed by atoms with E-state index in [1.807, 2.05) is 23.1 Å². The van der Waals surface area contributed by atoms with Gasteiger partial charge in [0.1, 0.15) is 11.4 Å². The molecular formula is C29H34F3N5O2. The van der Waals surface area contributed by atoms with Gasteiger partial charge >= 0.3 is 6.18 Å². The smallest absolute Gasteiger partial charge is 0.374 e. The standard InChI is InChI=1S/C29H34F3N5O2/c30-29(31,32)28(11-12-28)35-20-5-3-18(4-6-20)27(38)37-15-19-2-1-13-33-26(19)34-24-10-8-21(14-25(24)37)36-16-23-9-7-22(36)17-39-23/h1-2,8,10,13-14,18,20,22-23,35H,3-7,9,11-12,15-17H2,(H,33,34). The SMILES string of the molecule is O=C(C1CCC(NC2(C(F)(F)F)CC2)CC1)N1Cc2cccnc2Nc2ccc(N3CC4CCC3CO4)cc21. The van der Waals surface area contributed by atoms with Gasteiger partial charge in [-0.15, -0.1) is 0 Å². The summed E-state index contributed by atoms with van der Waals surface area (Å²) in [6.45, 7) is 1.98. The van der Waals surface area contributed by atoms with Gasteiger partial charge in [-0.2, -0.15) is 13.2 Å². The average Bonchev–Trinajstić information content (AvgIpc) is 3.76. The number of morpholine rings is 1. The highest BCUT2D eigenvalue weighted by Crippen LogP contribution is 2.50. The summed E-state index contributed by atoms with van der Waals surface area (Å²) in [4.78, 5) is 22.9. The van der Waals surface area contributed by atoms with Gasteiger partial charge in [-0.25, -0.2) is 4.98 Å². The lowest BCUT2D eigenvalue weighted by Crippen LogP contribution is -2.54. The maximum atomic E-state index is 14.1. The molecule has 2 bridgehead atoms. The molecule has 2 unspecified atom stereocenters. The van der Waals surface area contributed by atoms with Crippen molar-refractivity contribution in [2.45, 2.75) is 87.8 Å². The van der Waals surface area contributed by atoms with Gasteiger partial charge in [-0.1, -0.05) is 6.07 Å². The minimum absolute atomic E-state index is 0.0332. The van der Waals surface area contributed by atoms with Crippen LogP contribution in [0.25, 0.3) is 0 Å². The van der Waals surface area contributed by atoms with Crippen molar-refractivity contribution in [3.05, 3.63) is 42.1 Å². The largest absolute Gasteiger partial charge is 0.406 e. The van der Waals surface area contributed by atoms with E-state index in [2.05, 4.69) is 32.7 Å². The quantitative estimate of drug-likeness (QED) is 0.549. The minimum atomic E-state index is -4.22.